The number of carbonyl (C=O) groups is 1. The summed E-state index contributed by atoms with van der Waals surface area (Å²) in [6, 6.07) is 0.199. The fourth-order valence-corrected chi connectivity index (χ4v) is 1.42. The highest BCUT2D eigenvalue weighted by Gasteiger charge is 2.35. The van der Waals surface area contributed by atoms with Gasteiger partial charge in [0.2, 0.25) is 0 Å². The van der Waals surface area contributed by atoms with Crippen molar-refractivity contribution < 1.29 is 14.3 Å². The van der Waals surface area contributed by atoms with Crippen LogP contribution < -0.4 is 5.32 Å². The Balaban J connectivity index is 4.53. The van der Waals surface area contributed by atoms with Gasteiger partial charge in [0.15, 0.2) is 0 Å². The molecule has 0 saturated heterocycles. The lowest BCUT2D eigenvalue weighted by molar-refractivity contribution is -0.154. The second-order valence-corrected chi connectivity index (χ2v) is 4.71. The molecule has 0 aliphatic heterocycles. The molecule has 0 aromatic heterocycles. The lowest BCUT2D eigenvalue weighted by Crippen LogP contribution is -2.56. The molecule has 0 aromatic rings. The molecule has 0 rings (SSSR count). The molecule has 0 spiro atoms. The van der Waals surface area contributed by atoms with Gasteiger partial charge in [0.1, 0.15) is 5.54 Å². The second-order valence-electron chi connectivity index (χ2n) is 4.71. The summed E-state index contributed by atoms with van der Waals surface area (Å²) in [5.41, 5.74) is -0.769. The van der Waals surface area contributed by atoms with Gasteiger partial charge in [0.25, 0.3) is 0 Å². The SMILES string of the molecule is CCOC(=O)C(C)(COC(C)C)NC(C)C. The zero-order chi connectivity index (χ0) is 12.8. The van der Waals surface area contributed by atoms with Crippen LogP contribution in [0.25, 0.3) is 0 Å². The predicted molar refractivity (Wildman–Crippen MR) is 64.4 cm³/mol. The summed E-state index contributed by atoms with van der Waals surface area (Å²) in [5.74, 6) is -0.260. The van der Waals surface area contributed by atoms with E-state index in [9.17, 15) is 4.79 Å². The fraction of sp³-hybridized carbons (Fsp3) is 0.917. The molecule has 0 amide bonds. The van der Waals surface area contributed by atoms with Crippen molar-refractivity contribution in [2.75, 3.05) is 13.2 Å². The van der Waals surface area contributed by atoms with Gasteiger partial charge in [-0.15, -0.1) is 0 Å². The minimum atomic E-state index is -0.769. The molecule has 96 valence electrons. The second kappa shape index (κ2) is 6.86. The number of carbonyl (C=O) groups excluding carboxylic acids is 1. The van der Waals surface area contributed by atoms with Gasteiger partial charge >= 0.3 is 5.97 Å². The molecule has 0 aromatic carbocycles. The number of esters is 1. The third-order valence-electron chi connectivity index (χ3n) is 2.04. The van der Waals surface area contributed by atoms with E-state index in [-0.39, 0.29) is 18.1 Å². The average molecular weight is 231 g/mol. The first-order chi connectivity index (χ1) is 7.31. The van der Waals surface area contributed by atoms with Crippen LogP contribution in [0.2, 0.25) is 0 Å². The van der Waals surface area contributed by atoms with E-state index in [1.807, 2.05) is 34.6 Å². The molecular weight excluding hydrogens is 206 g/mol. The minimum Gasteiger partial charge on any atom is -0.465 e. The van der Waals surface area contributed by atoms with Crippen molar-refractivity contribution in [1.82, 2.24) is 5.32 Å². The molecule has 16 heavy (non-hydrogen) atoms. The van der Waals surface area contributed by atoms with E-state index in [1.54, 1.807) is 6.92 Å². The predicted octanol–water partition coefficient (Wildman–Crippen LogP) is 1.73. The van der Waals surface area contributed by atoms with E-state index in [1.165, 1.54) is 0 Å². The summed E-state index contributed by atoms with van der Waals surface area (Å²) in [6.45, 7) is 12.2. The largest absolute Gasteiger partial charge is 0.465 e. The maximum atomic E-state index is 11.8. The van der Waals surface area contributed by atoms with Crippen LogP contribution in [0.1, 0.15) is 41.5 Å². The Kier molecular flexibility index (Phi) is 6.60. The standard InChI is InChI=1S/C12H25NO3/c1-7-15-11(14)12(6,13-9(2)3)8-16-10(4)5/h9-10,13H,7-8H2,1-6H3. The molecule has 0 bridgehead atoms. The van der Waals surface area contributed by atoms with E-state index < -0.39 is 5.54 Å². The molecule has 0 heterocycles. The smallest absolute Gasteiger partial charge is 0.328 e. The number of rotatable bonds is 7. The molecular formula is C12H25NO3. The Bertz CT molecular complexity index is 216. The molecule has 0 fully saturated rings. The summed E-state index contributed by atoms with van der Waals surface area (Å²) in [5, 5.41) is 3.20. The minimum absolute atomic E-state index is 0.0997. The maximum absolute atomic E-state index is 11.8. The number of hydrogen-bond acceptors (Lipinski definition) is 4. The van der Waals surface area contributed by atoms with Gasteiger partial charge in [-0.25, -0.2) is 4.79 Å². The average Bonchev–Trinajstić information content (AvgIpc) is 2.14. The first-order valence-corrected chi connectivity index (χ1v) is 5.88. The first-order valence-electron chi connectivity index (χ1n) is 5.88. The molecule has 1 unspecified atom stereocenters. The van der Waals surface area contributed by atoms with E-state index in [4.69, 9.17) is 9.47 Å². The van der Waals surface area contributed by atoms with Crippen molar-refractivity contribution in [2.24, 2.45) is 0 Å². The van der Waals surface area contributed by atoms with Gasteiger partial charge in [-0.05, 0) is 41.5 Å². The Morgan fingerprint density at radius 1 is 1.31 bits per heavy atom. The summed E-state index contributed by atoms with van der Waals surface area (Å²) in [7, 11) is 0. The third kappa shape index (κ3) is 5.47. The lowest BCUT2D eigenvalue weighted by atomic mass is 10.0. The molecule has 1 N–H and O–H groups in total. The van der Waals surface area contributed by atoms with Gasteiger partial charge in [0.05, 0.1) is 19.3 Å². The molecule has 0 aliphatic carbocycles. The van der Waals surface area contributed by atoms with Crippen molar-refractivity contribution in [3.05, 3.63) is 0 Å². The van der Waals surface area contributed by atoms with Crippen LogP contribution in [-0.4, -0.2) is 36.9 Å². The molecule has 0 saturated carbocycles. The highest BCUT2D eigenvalue weighted by molar-refractivity contribution is 5.80. The van der Waals surface area contributed by atoms with Crippen LogP contribution in [0.3, 0.4) is 0 Å². The van der Waals surface area contributed by atoms with Crippen molar-refractivity contribution in [2.45, 2.75) is 59.2 Å². The lowest BCUT2D eigenvalue weighted by Gasteiger charge is -2.31. The van der Waals surface area contributed by atoms with E-state index in [0.717, 1.165) is 0 Å². The summed E-state index contributed by atoms with van der Waals surface area (Å²) < 4.78 is 10.6. The Morgan fingerprint density at radius 2 is 1.88 bits per heavy atom. The van der Waals surface area contributed by atoms with E-state index in [2.05, 4.69) is 5.32 Å². The molecule has 0 radical (unpaired) electrons. The molecule has 4 nitrogen and oxygen atoms in total. The Morgan fingerprint density at radius 3 is 2.25 bits per heavy atom. The quantitative estimate of drug-likeness (QED) is 0.678. The topological polar surface area (TPSA) is 47.6 Å². The Labute approximate surface area is 98.7 Å². The molecule has 0 aliphatic rings. The van der Waals surface area contributed by atoms with E-state index >= 15 is 0 Å². The van der Waals surface area contributed by atoms with Crippen molar-refractivity contribution in [1.29, 1.82) is 0 Å². The van der Waals surface area contributed by atoms with Crippen LogP contribution in [0.4, 0.5) is 0 Å². The van der Waals surface area contributed by atoms with Crippen molar-refractivity contribution in [3.63, 3.8) is 0 Å². The van der Waals surface area contributed by atoms with Gasteiger partial charge in [-0.3, -0.25) is 5.32 Å². The van der Waals surface area contributed by atoms with E-state index in [0.29, 0.717) is 13.2 Å². The van der Waals surface area contributed by atoms with Crippen molar-refractivity contribution in [3.8, 4) is 0 Å². The van der Waals surface area contributed by atoms with Gasteiger partial charge in [0, 0.05) is 6.04 Å². The fourth-order valence-electron chi connectivity index (χ4n) is 1.42. The van der Waals surface area contributed by atoms with Gasteiger partial charge in [-0.1, -0.05) is 0 Å². The van der Waals surface area contributed by atoms with Crippen LogP contribution in [0.15, 0.2) is 0 Å². The van der Waals surface area contributed by atoms with Crippen LogP contribution in [-0.2, 0) is 14.3 Å². The maximum Gasteiger partial charge on any atom is 0.328 e. The van der Waals surface area contributed by atoms with Crippen molar-refractivity contribution >= 4 is 5.97 Å². The first kappa shape index (κ1) is 15.4. The van der Waals surface area contributed by atoms with Gasteiger partial charge in [-0.2, -0.15) is 0 Å². The molecule has 4 heteroatoms. The highest BCUT2D eigenvalue weighted by atomic mass is 16.5. The number of ether oxygens (including phenoxy) is 2. The normalized spacial score (nSPS) is 15.2. The summed E-state index contributed by atoms with van der Waals surface area (Å²) >= 11 is 0. The van der Waals surface area contributed by atoms with Crippen LogP contribution >= 0.6 is 0 Å². The Hall–Kier alpha value is -0.610. The van der Waals surface area contributed by atoms with Gasteiger partial charge < -0.3 is 9.47 Å². The van der Waals surface area contributed by atoms with Crippen LogP contribution in [0, 0.1) is 0 Å². The summed E-state index contributed by atoms with van der Waals surface area (Å²) in [4.78, 5) is 11.8. The zero-order valence-corrected chi connectivity index (χ0v) is 11.3. The third-order valence-corrected chi connectivity index (χ3v) is 2.04. The number of nitrogens with one attached hydrogen (secondary N) is 1. The number of hydrogen-bond donors (Lipinski definition) is 1. The summed E-state index contributed by atoms with van der Waals surface area (Å²) in [6.07, 6.45) is 0.0997. The zero-order valence-electron chi connectivity index (χ0n) is 11.3. The van der Waals surface area contributed by atoms with Crippen LogP contribution in [0.5, 0.6) is 0 Å². The highest BCUT2D eigenvalue weighted by Crippen LogP contribution is 2.10. The monoisotopic (exact) mass is 231 g/mol. The molecule has 1 atom stereocenters.